The predicted octanol–water partition coefficient (Wildman–Crippen LogP) is 3.68. The Hall–Kier alpha value is -2.57. The summed E-state index contributed by atoms with van der Waals surface area (Å²) in [6.45, 7) is 4.63. The van der Waals surface area contributed by atoms with Crippen LogP contribution in [0.25, 0.3) is 0 Å². The molecule has 1 saturated heterocycles. The van der Waals surface area contributed by atoms with Gasteiger partial charge in [0.25, 0.3) is 5.91 Å². The van der Waals surface area contributed by atoms with Crippen LogP contribution < -0.4 is 19.9 Å². The minimum absolute atomic E-state index is 0. The van der Waals surface area contributed by atoms with E-state index < -0.39 is 0 Å². The first-order valence-corrected chi connectivity index (χ1v) is 10.7. The van der Waals surface area contributed by atoms with E-state index in [0.29, 0.717) is 18.2 Å². The van der Waals surface area contributed by atoms with Gasteiger partial charge in [0, 0.05) is 50.1 Å². The fourth-order valence-electron chi connectivity index (χ4n) is 3.77. The summed E-state index contributed by atoms with van der Waals surface area (Å²) in [6.07, 6.45) is 3.18. The number of benzene rings is 2. The molecule has 6 nitrogen and oxygen atoms in total. The van der Waals surface area contributed by atoms with Crippen molar-refractivity contribution in [2.75, 3.05) is 43.6 Å². The van der Waals surface area contributed by atoms with Crippen molar-refractivity contribution in [3.8, 4) is 5.75 Å². The van der Waals surface area contributed by atoms with E-state index >= 15 is 0 Å². The van der Waals surface area contributed by atoms with Crippen LogP contribution in [-0.2, 0) is 6.61 Å². The third kappa shape index (κ3) is 5.12. The van der Waals surface area contributed by atoms with Crippen LogP contribution >= 0.6 is 0 Å². The molecule has 0 radical (unpaired) electrons. The number of carbonyl (C=O) groups is 1. The monoisotopic (exact) mass is 413 g/mol. The van der Waals surface area contributed by atoms with Crippen LogP contribution in [0.2, 0.25) is 0 Å². The molecule has 2 aromatic rings. The quantitative estimate of drug-likeness (QED) is 0.614. The van der Waals surface area contributed by atoms with Gasteiger partial charge < -0.3 is 25.0 Å². The number of nitrogens with one attached hydrogen (secondary N) is 1. The Bertz CT molecular complexity index is 844. The molecule has 0 saturated carbocycles. The molecule has 0 aliphatic carbocycles. The third-order valence-electron chi connectivity index (χ3n) is 5.73. The lowest BCUT2D eigenvalue weighted by atomic mass is 10.1. The van der Waals surface area contributed by atoms with Gasteiger partial charge in [-0.05, 0) is 62.4 Å². The maximum absolute atomic E-state index is 12.9. The molecule has 0 aromatic heterocycles. The van der Waals surface area contributed by atoms with E-state index in [9.17, 15) is 9.90 Å². The van der Waals surface area contributed by atoms with Gasteiger partial charge in [-0.3, -0.25) is 4.79 Å². The number of likely N-dealkylation sites (N-methyl/N-ethyl adjacent to an activating group) is 1. The number of hydrogen-bond donors (Lipinski definition) is 2. The highest BCUT2D eigenvalue weighted by atomic mass is 16.5. The molecule has 1 unspecified atom stereocenters. The Morgan fingerprint density at radius 1 is 1.30 bits per heavy atom. The van der Waals surface area contributed by atoms with Gasteiger partial charge in [0.2, 0.25) is 0 Å². The van der Waals surface area contributed by atoms with Gasteiger partial charge in [-0.1, -0.05) is 13.3 Å². The first kappa shape index (κ1) is 22.1. The number of carbonyl (C=O) groups excluding carboxylic acids is 1. The second-order valence-corrected chi connectivity index (χ2v) is 7.78. The molecular weight excluding hydrogens is 378 g/mol. The largest absolute Gasteiger partial charge is 0.494 e. The van der Waals surface area contributed by atoms with Gasteiger partial charge in [0.1, 0.15) is 5.75 Å². The second-order valence-electron chi connectivity index (χ2n) is 7.78. The zero-order valence-electron chi connectivity index (χ0n) is 18.2. The number of rotatable bonds is 9. The Balaban J connectivity index is 0.00000341. The molecule has 0 spiro atoms. The molecule has 6 heteroatoms. The van der Waals surface area contributed by atoms with Gasteiger partial charge in [-0.2, -0.15) is 0 Å². The second kappa shape index (κ2) is 10.5. The van der Waals surface area contributed by atoms with Crippen LogP contribution in [0.5, 0.6) is 5.75 Å². The zero-order chi connectivity index (χ0) is 21.5. The van der Waals surface area contributed by atoms with E-state index in [0.717, 1.165) is 55.0 Å². The lowest BCUT2D eigenvalue weighted by Crippen LogP contribution is -2.30. The lowest BCUT2D eigenvalue weighted by Gasteiger charge is -2.24. The normalized spacial score (nSPS) is 16.0. The highest BCUT2D eigenvalue weighted by molar-refractivity contribution is 6.05. The summed E-state index contributed by atoms with van der Waals surface area (Å²) >= 11 is 0. The molecular formula is C24H35N3O3. The van der Waals surface area contributed by atoms with E-state index in [4.69, 9.17) is 4.74 Å². The van der Waals surface area contributed by atoms with Crippen molar-refractivity contribution in [3.05, 3.63) is 53.6 Å². The molecule has 1 fully saturated rings. The zero-order valence-corrected chi connectivity index (χ0v) is 18.2. The van der Waals surface area contributed by atoms with Crippen molar-refractivity contribution >= 4 is 17.3 Å². The summed E-state index contributed by atoms with van der Waals surface area (Å²) in [7, 11) is 3.74. The highest BCUT2D eigenvalue weighted by Crippen LogP contribution is 2.29. The average molecular weight is 414 g/mol. The number of ether oxygens (including phenoxy) is 1. The molecule has 1 heterocycles. The molecule has 2 aromatic carbocycles. The van der Waals surface area contributed by atoms with Gasteiger partial charge in [0.15, 0.2) is 0 Å². The first-order valence-electron chi connectivity index (χ1n) is 10.7. The Kier molecular flexibility index (Phi) is 7.71. The third-order valence-corrected chi connectivity index (χ3v) is 5.73. The van der Waals surface area contributed by atoms with E-state index in [2.05, 4.69) is 17.1 Å². The van der Waals surface area contributed by atoms with E-state index in [1.54, 1.807) is 24.1 Å². The molecule has 1 amide bonds. The van der Waals surface area contributed by atoms with Crippen LogP contribution in [-0.4, -0.2) is 50.8 Å². The highest BCUT2D eigenvalue weighted by Gasteiger charge is 2.23. The summed E-state index contributed by atoms with van der Waals surface area (Å²) in [4.78, 5) is 16.9. The molecule has 1 aliphatic rings. The van der Waals surface area contributed by atoms with E-state index in [1.165, 1.54) is 0 Å². The number of anilines is 2. The standard InChI is InChI=1S/C24H33N3O3.H2/c1-4-5-14-30-22-9-6-18(7-10-22)24(29)26(3)21-8-11-23(19(15-21)17-28)27-13-12-20(16-27)25-2;/h6-11,15,20,25,28H,4-5,12-14,16-17H2,1-3H3;1H. The van der Waals surface area contributed by atoms with Crippen molar-refractivity contribution in [1.82, 2.24) is 5.32 Å². The minimum Gasteiger partial charge on any atom is -0.494 e. The maximum Gasteiger partial charge on any atom is 0.258 e. The molecule has 2 N–H and O–H groups in total. The number of unbranched alkanes of at least 4 members (excludes halogenated alkanes) is 1. The van der Waals surface area contributed by atoms with E-state index in [1.807, 2.05) is 37.4 Å². The molecule has 0 bridgehead atoms. The van der Waals surface area contributed by atoms with Crippen molar-refractivity contribution in [1.29, 1.82) is 0 Å². The van der Waals surface area contributed by atoms with Crippen molar-refractivity contribution in [3.63, 3.8) is 0 Å². The van der Waals surface area contributed by atoms with Crippen LogP contribution in [0, 0.1) is 0 Å². The Labute approximate surface area is 180 Å². The smallest absolute Gasteiger partial charge is 0.258 e. The fourth-order valence-corrected chi connectivity index (χ4v) is 3.77. The lowest BCUT2D eigenvalue weighted by molar-refractivity contribution is 0.0993. The molecule has 1 atom stereocenters. The molecule has 164 valence electrons. The van der Waals surface area contributed by atoms with Crippen LogP contribution in [0.4, 0.5) is 11.4 Å². The summed E-state index contributed by atoms with van der Waals surface area (Å²) in [5, 5.41) is 13.2. The predicted molar refractivity (Wildman–Crippen MR) is 124 cm³/mol. The summed E-state index contributed by atoms with van der Waals surface area (Å²) in [5.74, 6) is 0.684. The number of nitrogens with zero attached hydrogens (tertiary/aromatic N) is 2. The van der Waals surface area contributed by atoms with Gasteiger partial charge >= 0.3 is 0 Å². The Morgan fingerprint density at radius 2 is 2.07 bits per heavy atom. The van der Waals surface area contributed by atoms with Crippen molar-refractivity contribution in [2.24, 2.45) is 0 Å². The Morgan fingerprint density at radius 3 is 2.70 bits per heavy atom. The van der Waals surface area contributed by atoms with Crippen molar-refractivity contribution in [2.45, 2.75) is 38.8 Å². The van der Waals surface area contributed by atoms with Crippen LogP contribution in [0.1, 0.15) is 43.5 Å². The first-order chi connectivity index (χ1) is 14.6. The van der Waals surface area contributed by atoms with E-state index in [-0.39, 0.29) is 13.9 Å². The topological polar surface area (TPSA) is 65.0 Å². The van der Waals surface area contributed by atoms with Gasteiger partial charge in [-0.25, -0.2) is 0 Å². The fraction of sp³-hybridized carbons (Fsp3) is 0.458. The summed E-state index contributed by atoms with van der Waals surface area (Å²) in [5.41, 5.74) is 3.24. The maximum atomic E-state index is 12.9. The average Bonchev–Trinajstić information content (AvgIpc) is 3.27. The number of aliphatic hydroxyl groups excluding tert-OH is 1. The summed E-state index contributed by atoms with van der Waals surface area (Å²) in [6, 6.07) is 13.6. The molecule has 30 heavy (non-hydrogen) atoms. The van der Waals surface area contributed by atoms with Crippen LogP contribution in [0.3, 0.4) is 0 Å². The van der Waals surface area contributed by atoms with Crippen molar-refractivity contribution < 1.29 is 16.1 Å². The number of amides is 1. The summed E-state index contributed by atoms with van der Waals surface area (Å²) < 4.78 is 5.67. The number of aliphatic hydroxyl groups is 1. The molecule has 3 rings (SSSR count). The molecule has 1 aliphatic heterocycles. The van der Waals surface area contributed by atoms with Crippen LogP contribution in [0.15, 0.2) is 42.5 Å². The number of hydrogen-bond acceptors (Lipinski definition) is 5. The van der Waals surface area contributed by atoms with Gasteiger partial charge in [0.05, 0.1) is 13.2 Å². The minimum atomic E-state index is -0.0943. The SMILES string of the molecule is CCCCOc1ccc(C(=O)N(C)c2ccc(N3CCC(NC)C3)c(CO)c2)cc1.[HH]. The van der Waals surface area contributed by atoms with Gasteiger partial charge in [-0.15, -0.1) is 0 Å².